The second kappa shape index (κ2) is 8.66. The molecule has 0 saturated heterocycles. The Labute approximate surface area is 178 Å². The summed E-state index contributed by atoms with van der Waals surface area (Å²) in [5, 5.41) is 15.7. The third kappa shape index (κ3) is 4.37. The molecule has 156 valence electrons. The summed E-state index contributed by atoms with van der Waals surface area (Å²) in [5.41, 5.74) is 2.78. The topological polar surface area (TPSA) is 94.5 Å². The summed E-state index contributed by atoms with van der Waals surface area (Å²) in [4.78, 5) is 17.6. The van der Waals surface area contributed by atoms with Crippen molar-refractivity contribution in [3.63, 3.8) is 0 Å². The first-order valence-corrected chi connectivity index (χ1v) is 9.57. The van der Waals surface area contributed by atoms with Crippen molar-refractivity contribution in [2.45, 2.75) is 6.54 Å². The number of nitro groups is 1. The molecule has 4 aromatic rings. The molecule has 0 aliphatic heterocycles. The number of rotatable bonds is 7. The molecule has 0 aliphatic carbocycles. The van der Waals surface area contributed by atoms with Crippen LogP contribution < -0.4 is 9.64 Å². The lowest BCUT2D eigenvalue weighted by atomic mass is 10.1. The van der Waals surface area contributed by atoms with Crippen molar-refractivity contribution in [3.8, 4) is 28.6 Å². The smallest absolute Gasteiger partial charge is 0.293 e. The summed E-state index contributed by atoms with van der Waals surface area (Å²) in [7, 11) is 3.42. The minimum Gasteiger partial charge on any atom is -0.497 e. The van der Waals surface area contributed by atoms with Crippen LogP contribution in [0.5, 0.6) is 5.75 Å². The van der Waals surface area contributed by atoms with Crippen LogP contribution in [0.2, 0.25) is 0 Å². The highest BCUT2D eigenvalue weighted by atomic mass is 16.6. The number of ether oxygens (including phenoxy) is 1. The van der Waals surface area contributed by atoms with E-state index in [0.29, 0.717) is 23.6 Å². The second-order valence-corrected chi connectivity index (χ2v) is 6.95. The van der Waals surface area contributed by atoms with E-state index in [1.54, 1.807) is 31.4 Å². The Balaban J connectivity index is 1.62. The molecule has 8 heteroatoms. The van der Waals surface area contributed by atoms with Gasteiger partial charge in [-0.25, -0.2) is 0 Å². The van der Waals surface area contributed by atoms with E-state index < -0.39 is 4.92 Å². The van der Waals surface area contributed by atoms with E-state index in [0.717, 1.165) is 16.9 Å². The molecule has 4 rings (SSSR count). The highest BCUT2D eigenvalue weighted by molar-refractivity contribution is 5.71. The summed E-state index contributed by atoms with van der Waals surface area (Å²) in [5.74, 6) is 1.33. The quantitative estimate of drug-likeness (QED) is 0.310. The lowest BCUT2D eigenvalue weighted by Crippen LogP contribution is -2.17. The fraction of sp³-hybridized carbons (Fsp3) is 0.130. The van der Waals surface area contributed by atoms with Crippen molar-refractivity contribution < 1.29 is 14.2 Å². The third-order valence-electron chi connectivity index (χ3n) is 4.87. The Morgan fingerprint density at radius 1 is 1.03 bits per heavy atom. The van der Waals surface area contributed by atoms with Gasteiger partial charge in [-0.2, -0.15) is 4.98 Å². The number of hydrogen-bond donors (Lipinski definition) is 0. The molecule has 0 bridgehead atoms. The Hall–Kier alpha value is -4.20. The van der Waals surface area contributed by atoms with E-state index in [4.69, 9.17) is 9.26 Å². The zero-order valence-corrected chi connectivity index (χ0v) is 17.1. The van der Waals surface area contributed by atoms with Crippen LogP contribution in [-0.2, 0) is 6.54 Å². The zero-order chi connectivity index (χ0) is 21.8. The van der Waals surface area contributed by atoms with Crippen LogP contribution in [0.1, 0.15) is 5.56 Å². The van der Waals surface area contributed by atoms with Crippen LogP contribution in [0.15, 0.2) is 77.3 Å². The molecule has 31 heavy (non-hydrogen) atoms. The Kier molecular flexibility index (Phi) is 5.61. The van der Waals surface area contributed by atoms with Gasteiger partial charge < -0.3 is 14.2 Å². The third-order valence-corrected chi connectivity index (χ3v) is 4.87. The van der Waals surface area contributed by atoms with Gasteiger partial charge in [0.25, 0.3) is 11.6 Å². The number of aromatic nitrogens is 2. The summed E-state index contributed by atoms with van der Waals surface area (Å²) >= 11 is 0. The number of anilines is 1. The molecule has 3 aromatic carbocycles. The first kappa shape index (κ1) is 20.1. The van der Waals surface area contributed by atoms with Crippen LogP contribution in [0.3, 0.4) is 0 Å². The molecule has 0 atom stereocenters. The van der Waals surface area contributed by atoms with Crippen molar-refractivity contribution >= 4 is 11.4 Å². The molecular weight excluding hydrogens is 396 g/mol. The molecule has 0 N–H and O–H groups in total. The highest BCUT2D eigenvalue weighted by Crippen LogP contribution is 2.33. The number of hydrogen-bond acceptors (Lipinski definition) is 7. The Morgan fingerprint density at radius 3 is 2.42 bits per heavy atom. The van der Waals surface area contributed by atoms with E-state index >= 15 is 0 Å². The number of benzene rings is 3. The minimum atomic E-state index is -0.402. The molecular formula is C23H20N4O4. The van der Waals surface area contributed by atoms with E-state index in [2.05, 4.69) is 10.1 Å². The predicted molar refractivity (Wildman–Crippen MR) is 117 cm³/mol. The monoisotopic (exact) mass is 416 g/mol. The van der Waals surface area contributed by atoms with Crippen molar-refractivity contribution in [2.24, 2.45) is 0 Å². The van der Waals surface area contributed by atoms with E-state index in [1.807, 2.05) is 54.4 Å². The Morgan fingerprint density at radius 2 is 1.74 bits per heavy atom. The summed E-state index contributed by atoms with van der Waals surface area (Å²) in [6.07, 6.45) is 0. The van der Waals surface area contributed by atoms with Crippen LogP contribution in [0, 0.1) is 10.1 Å². The van der Waals surface area contributed by atoms with Crippen molar-refractivity contribution in [1.29, 1.82) is 0 Å². The standard InChI is InChI=1S/C23H20N4O4/c1-26(15-16-6-4-3-5-7-16)20-13-10-18(14-21(20)27(28)29)23-24-22(25-31-23)17-8-11-19(30-2)12-9-17/h3-14H,15H2,1-2H3. The van der Waals surface area contributed by atoms with Crippen LogP contribution in [0.25, 0.3) is 22.8 Å². The first-order valence-electron chi connectivity index (χ1n) is 9.57. The molecule has 0 aliphatic rings. The molecule has 1 aromatic heterocycles. The fourth-order valence-corrected chi connectivity index (χ4v) is 3.27. The Bertz CT molecular complexity index is 1190. The fourth-order valence-electron chi connectivity index (χ4n) is 3.27. The van der Waals surface area contributed by atoms with Crippen molar-refractivity contribution in [1.82, 2.24) is 10.1 Å². The number of nitro benzene ring substituents is 1. The number of nitrogens with zero attached hydrogens (tertiary/aromatic N) is 4. The second-order valence-electron chi connectivity index (χ2n) is 6.95. The van der Waals surface area contributed by atoms with E-state index in [-0.39, 0.29) is 11.6 Å². The van der Waals surface area contributed by atoms with E-state index in [9.17, 15) is 10.1 Å². The maximum absolute atomic E-state index is 11.7. The molecule has 0 radical (unpaired) electrons. The molecule has 8 nitrogen and oxygen atoms in total. The van der Waals surface area contributed by atoms with Gasteiger partial charge in [-0.05, 0) is 42.0 Å². The largest absolute Gasteiger partial charge is 0.497 e. The maximum atomic E-state index is 11.7. The molecule has 0 spiro atoms. The average molecular weight is 416 g/mol. The van der Waals surface area contributed by atoms with E-state index in [1.165, 1.54) is 6.07 Å². The zero-order valence-electron chi connectivity index (χ0n) is 17.1. The maximum Gasteiger partial charge on any atom is 0.293 e. The highest BCUT2D eigenvalue weighted by Gasteiger charge is 2.21. The van der Waals surface area contributed by atoms with Crippen molar-refractivity contribution in [3.05, 3.63) is 88.5 Å². The van der Waals surface area contributed by atoms with Gasteiger partial charge in [0.1, 0.15) is 11.4 Å². The van der Waals surface area contributed by atoms with Gasteiger partial charge in [-0.15, -0.1) is 0 Å². The van der Waals surface area contributed by atoms with Crippen LogP contribution in [-0.4, -0.2) is 29.2 Å². The minimum absolute atomic E-state index is 0.0277. The van der Waals surface area contributed by atoms with Gasteiger partial charge in [-0.1, -0.05) is 35.5 Å². The predicted octanol–water partition coefficient (Wildman–Crippen LogP) is 4.96. The average Bonchev–Trinajstić information content (AvgIpc) is 3.29. The van der Waals surface area contributed by atoms with Gasteiger partial charge in [0.2, 0.25) is 5.82 Å². The molecule has 0 saturated carbocycles. The molecule has 1 heterocycles. The summed E-state index contributed by atoms with van der Waals surface area (Å²) in [6.45, 7) is 0.545. The molecule has 0 unspecified atom stereocenters. The lowest BCUT2D eigenvalue weighted by Gasteiger charge is -2.19. The summed E-state index contributed by atoms with van der Waals surface area (Å²) in [6, 6.07) is 21.9. The summed E-state index contributed by atoms with van der Waals surface area (Å²) < 4.78 is 10.5. The molecule has 0 fully saturated rings. The normalized spacial score (nSPS) is 10.6. The van der Waals surface area contributed by atoms with Gasteiger partial charge in [-0.3, -0.25) is 10.1 Å². The van der Waals surface area contributed by atoms with Crippen LogP contribution in [0.4, 0.5) is 11.4 Å². The molecule has 0 amide bonds. The van der Waals surface area contributed by atoms with Gasteiger partial charge in [0, 0.05) is 30.8 Å². The van der Waals surface area contributed by atoms with Gasteiger partial charge in [0.05, 0.1) is 12.0 Å². The first-order chi connectivity index (χ1) is 15.0. The van der Waals surface area contributed by atoms with Gasteiger partial charge >= 0.3 is 0 Å². The SMILES string of the molecule is COc1ccc(-c2noc(-c3ccc(N(C)Cc4ccccc4)c([N+](=O)[O-])c3)n2)cc1. The van der Waals surface area contributed by atoms with Crippen molar-refractivity contribution in [2.75, 3.05) is 19.1 Å². The lowest BCUT2D eigenvalue weighted by molar-refractivity contribution is -0.384. The van der Waals surface area contributed by atoms with Gasteiger partial charge in [0.15, 0.2) is 0 Å². The van der Waals surface area contributed by atoms with Crippen LogP contribution >= 0.6 is 0 Å². The number of methoxy groups -OCH3 is 1.